The summed E-state index contributed by atoms with van der Waals surface area (Å²) in [5, 5.41) is 2.21. The van der Waals surface area contributed by atoms with Crippen LogP contribution in [0.3, 0.4) is 0 Å². The Balaban J connectivity index is 1.15. The molecule has 0 atom stereocenters. The van der Waals surface area contributed by atoms with Gasteiger partial charge in [0.25, 0.3) is 0 Å². The van der Waals surface area contributed by atoms with Crippen molar-refractivity contribution in [1.29, 1.82) is 0 Å². The van der Waals surface area contributed by atoms with Crippen molar-refractivity contribution in [2.45, 2.75) is 33.1 Å². The number of anilines is 8. The molecular weight excluding hydrogens is 850 g/mol. The molecule has 0 spiro atoms. The highest BCUT2D eigenvalue weighted by molar-refractivity contribution is 6.94. The minimum atomic E-state index is -0.200. The first-order chi connectivity index (χ1) is 34.3. The second-order valence-corrected chi connectivity index (χ2v) is 19.8. The lowest BCUT2D eigenvalue weighted by atomic mass is 9.43. The highest BCUT2D eigenvalue weighted by Crippen LogP contribution is 2.53. The molecule has 0 saturated carbocycles. The fourth-order valence-electron chi connectivity index (χ4n) is 11.1. The molecule has 2 aliphatic rings. The lowest BCUT2D eigenvalue weighted by molar-refractivity contribution is 0.590. The average molecular weight is 900 g/mol. The number of fused-ring (bicyclic) bond motifs is 8. The van der Waals surface area contributed by atoms with Gasteiger partial charge in [-0.05, 0) is 141 Å². The molecule has 13 rings (SSSR count). The third-order valence-electron chi connectivity index (χ3n) is 14.5. The van der Waals surface area contributed by atoms with Gasteiger partial charge in [0.15, 0.2) is 0 Å². The third kappa shape index (κ3) is 6.76. The minimum Gasteiger partial charge on any atom is -0.456 e. The molecule has 0 N–H and O–H groups in total. The van der Waals surface area contributed by atoms with Crippen LogP contribution in [0.2, 0.25) is 0 Å². The molecule has 10 aromatic carbocycles. The molecule has 0 fully saturated rings. The lowest BCUT2D eigenvalue weighted by Gasteiger charge is -2.46. The first kappa shape index (κ1) is 41.6. The van der Waals surface area contributed by atoms with Gasteiger partial charge in [-0.3, -0.25) is 0 Å². The normalized spacial score (nSPS) is 12.8. The third-order valence-corrected chi connectivity index (χ3v) is 14.5. The zero-order valence-electron chi connectivity index (χ0n) is 39.8. The maximum Gasteiger partial charge on any atom is 0.333 e. The van der Waals surface area contributed by atoms with Crippen LogP contribution in [0.5, 0.6) is 0 Å². The molecule has 0 amide bonds. The summed E-state index contributed by atoms with van der Waals surface area (Å²) in [6, 6.07) is 84.3. The largest absolute Gasteiger partial charge is 0.456 e. The Morgan fingerprint density at radius 1 is 0.457 bits per heavy atom. The van der Waals surface area contributed by atoms with Crippen molar-refractivity contribution in [3.8, 4) is 33.4 Å². The number of furan rings is 1. The summed E-state index contributed by atoms with van der Waals surface area (Å²) in [5.41, 5.74) is 22.7. The van der Waals surface area contributed by atoms with Crippen LogP contribution >= 0.6 is 0 Å². The van der Waals surface area contributed by atoms with Crippen LogP contribution in [0.4, 0.5) is 45.5 Å². The topological polar surface area (TPSA) is 22.9 Å². The van der Waals surface area contributed by atoms with Gasteiger partial charge in [-0.25, -0.2) is 0 Å². The molecule has 0 saturated heterocycles. The van der Waals surface area contributed by atoms with Crippen LogP contribution in [0.25, 0.3) is 55.3 Å². The monoisotopic (exact) mass is 899 g/mol. The van der Waals surface area contributed by atoms with Crippen molar-refractivity contribution >= 4 is 85.2 Å². The van der Waals surface area contributed by atoms with Gasteiger partial charge in [0.2, 0.25) is 0 Å². The summed E-state index contributed by atoms with van der Waals surface area (Å²) in [5.74, 6) is 0. The molecule has 1 aromatic heterocycles. The summed E-state index contributed by atoms with van der Waals surface area (Å²) >= 11 is 0. The summed E-state index contributed by atoms with van der Waals surface area (Å²) in [4.78, 5) is 7.55. The zero-order valence-corrected chi connectivity index (χ0v) is 39.8. The summed E-state index contributed by atoms with van der Waals surface area (Å²) in [6.45, 7) is 8.97. The second kappa shape index (κ2) is 16.3. The van der Waals surface area contributed by atoms with Crippen LogP contribution in [0.15, 0.2) is 235 Å². The first-order valence-corrected chi connectivity index (χ1v) is 24.4. The van der Waals surface area contributed by atoms with Gasteiger partial charge in [0.05, 0.1) is 11.1 Å². The molecule has 11 aromatic rings. The predicted molar refractivity (Wildman–Crippen MR) is 296 cm³/mol. The van der Waals surface area contributed by atoms with Crippen molar-refractivity contribution in [3.63, 3.8) is 0 Å². The van der Waals surface area contributed by atoms with E-state index in [0.29, 0.717) is 0 Å². The van der Waals surface area contributed by atoms with E-state index in [-0.39, 0.29) is 12.3 Å². The van der Waals surface area contributed by atoms with Crippen LogP contribution in [0, 0.1) is 6.92 Å². The average Bonchev–Trinajstić information content (AvgIpc) is 3.78. The SMILES string of the molecule is Cc1cc(C(C)(C)C)ccc1N1c2cc(-c3ccccc3)ccc2B2c3c(cc4oc5ccccc5c4c31)-c1cc(N(c3ccccc3)c3ccccc3)ccc1N2c1ccc(-c2ccccc2)cc1. The standard InChI is InChI=1S/C65H50BN3O/c1-43-39-48(65(2,3)4)32-37-57(43)68-59-40-47(45-21-11-6-12-22-45)31-36-56(59)66-63-55(42-61-62(64(63)68)53-27-17-18-28-60(53)70-61)54-41-52(67(49-23-13-7-14-24-49)50-25-15-8-16-26-50)35-38-58(54)69(66)51-33-29-46(30-34-51)44-19-9-5-10-20-44/h5-42H,1-4H3. The van der Waals surface area contributed by atoms with E-state index in [1.165, 1.54) is 44.3 Å². The maximum atomic E-state index is 7.03. The highest BCUT2D eigenvalue weighted by atomic mass is 16.3. The molecular formula is C65H50BN3O. The van der Waals surface area contributed by atoms with Crippen LogP contribution in [-0.2, 0) is 5.41 Å². The van der Waals surface area contributed by atoms with Crippen LogP contribution in [0.1, 0.15) is 31.9 Å². The molecule has 70 heavy (non-hydrogen) atoms. The van der Waals surface area contributed by atoms with Gasteiger partial charge in [-0.2, -0.15) is 0 Å². The van der Waals surface area contributed by atoms with Crippen LogP contribution in [-0.4, -0.2) is 6.85 Å². The number of hydrogen-bond donors (Lipinski definition) is 0. The van der Waals surface area contributed by atoms with E-state index in [1.54, 1.807) is 0 Å². The van der Waals surface area contributed by atoms with E-state index in [1.807, 2.05) is 0 Å². The summed E-state index contributed by atoms with van der Waals surface area (Å²) < 4.78 is 7.03. The lowest BCUT2D eigenvalue weighted by Crippen LogP contribution is -2.61. The molecule has 0 bridgehead atoms. The van der Waals surface area contributed by atoms with Gasteiger partial charge in [-0.15, -0.1) is 0 Å². The van der Waals surface area contributed by atoms with E-state index in [4.69, 9.17) is 4.42 Å². The highest BCUT2D eigenvalue weighted by Gasteiger charge is 2.47. The Morgan fingerprint density at radius 2 is 1.04 bits per heavy atom. The second-order valence-electron chi connectivity index (χ2n) is 19.8. The fraction of sp³-hybridized carbons (Fsp3) is 0.0769. The van der Waals surface area contributed by atoms with Crippen molar-refractivity contribution in [3.05, 3.63) is 242 Å². The Labute approximate surface area is 410 Å². The van der Waals surface area contributed by atoms with Gasteiger partial charge in [0, 0.05) is 50.8 Å². The number of rotatable bonds is 7. The zero-order chi connectivity index (χ0) is 47.1. The molecule has 2 aliphatic heterocycles. The molecule has 0 unspecified atom stereocenters. The number of para-hydroxylation sites is 3. The summed E-state index contributed by atoms with van der Waals surface area (Å²) in [7, 11) is 0. The smallest absolute Gasteiger partial charge is 0.333 e. The Bertz CT molecular complexity index is 3730. The van der Waals surface area contributed by atoms with E-state index >= 15 is 0 Å². The molecule has 334 valence electrons. The van der Waals surface area contributed by atoms with Gasteiger partial charge >= 0.3 is 6.85 Å². The molecule has 0 radical (unpaired) electrons. The first-order valence-electron chi connectivity index (χ1n) is 24.4. The van der Waals surface area contributed by atoms with Gasteiger partial charge < -0.3 is 19.0 Å². The number of aryl methyl sites for hydroxylation is 1. The van der Waals surface area contributed by atoms with Crippen molar-refractivity contribution in [2.75, 3.05) is 14.6 Å². The molecule has 5 heteroatoms. The van der Waals surface area contributed by atoms with E-state index in [2.05, 4.69) is 273 Å². The maximum absolute atomic E-state index is 7.03. The van der Waals surface area contributed by atoms with E-state index < -0.39 is 0 Å². The van der Waals surface area contributed by atoms with E-state index in [9.17, 15) is 0 Å². The van der Waals surface area contributed by atoms with Crippen molar-refractivity contribution in [1.82, 2.24) is 0 Å². The Hall–Kier alpha value is -8.54. The van der Waals surface area contributed by atoms with Crippen molar-refractivity contribution in [2.24, 2.45) is 0 Å². The number of benzene rings is 10. The minimum absolute atomic E-state index is 0.0139. The van der Waals surface area contributed by atoms with Crippen LogP contribution < -0.4 is 25.5 Å². The Kier molecular flexibility index (Phi) is 9.71. The van der Waals surface area contributed by atoms with Gasteiger partial charge in [0.1, 0.15) is 11.2 Å². The quantitative estimate of drug-likeness (QED) is 0.149. The molecule has 0 aliphatic carbocycles. The predicted octanol–water partition coefficient (Wildman–Crippen LogP) is 16.7. The molecule has 3 heterocycles. The fourth-order valence-corrected chi connectivity index (χ4v) is 11.1. The van der Waals surface area contributed by atoms with Crippen molar-refractivity contribution < 1.29 is 4.42 Å². The van der Waals surface area contributed by atoms with E-state index in [0.717, 1.165) is 78.6 Å². The summed E-state index contributed by atoms with van der Waals surface area (Å²) in [6.07, 6.45) is 0. The molecule has 4 nitrogen and oxygen atoms in total. The Morgan fingerprint density at radius 3 is 1.70 bits per heavy atom. The number of nitrogens with zero attached hydrogens (tertiary/aromatic N) is 3. The van der Waals surface area contributed by atoms with Gasteiger partial charge in [-0.1, -0.05) is 172 Å². The number of hydrogen-bond acceptors (Lipinski definition) is 4.